The molecule has 0 aromatic heterocycles. The highest BCUT2D eigenvalue weighted by Gasteiger charge is 1.92. The molecule has 15 heavy (non-hydrogen) atoms. The Morgan fingerprint density at radius 3 is 2.27 bits per heavy atom. The van der Waals surface area contributed by atoms with Gasteiger partial charge in [0, 0.05) is 6.42 Å². The third-order valence-electron chi connectivity index (χ3n) is 1.87. The van der Waals surface area contributed by atoms with Crippen molar-refractivity contribution >= 4 is 5.97 Å². The summed E-state index contributed by atoms with van der Waals surface area (Å²) < 4.78 is 0. The van der Waals surface area contributed by atoms with Crippen LogP contribution in [0.4, 0.5) is 0 Å². The van der Waals surface area contributed by atoms with Crippen LogP contribution in [-0.2, 0) is 4.79 Å². The van der Waals surface area contributed by atoms with Gasteiger partial charge in [0.2, 0.25) is 0 Å². The Morgan fingerprint density at radius 2 is 1.67 bits per heavy atom. The molecule has 0 saturated carbocycles. The minimum absolute atomic E-state index is 0.265. The monoisotopic (exact) mass is 208 g/mol. The molecule has 84 valence electrons. The van der Waals surface area contributed by atoms with Crippen LogP contribution in [0.5, 0.6) is 0 Å². The molecule has 0 heterocycles. The van der Waals surface area contributed by atoms with Crippen LogP contribution in [0.1, 0.15) is 39.0 Å². The molecule has 0 aliphatic carbocycles. The van der Waals surface area contributed by atoms with Crippen LogP contribution < -0.4 is 0 Å². The van der Waals surface area contributed by atoms with Crippen molar-refractivity contribution in [2.24, 2.45) is 0 Å². The molecule has 0 aromatic rings. The lowest BCUT2D eigenvalue weighted by Gasteiger charge is -1.89. The molecule has 0 rings (SSSR count). The van der Waals surface area contributed by atoms with E-state index in [-0.39, 0.29) is 6.42 Å². The lowest BCUT2D eigenvalue weighted by Crippen LogP contribution is -1.92. The van der Waals surface area contributed by atoms with E-state index in [0.717, 1.165) is 25.7 Å². The molecule has 2 nitrogen and oxygen atoms in total. The first-order valence-electron chi connectivity index (χ1n) is 5.40. The van der Waals surface area contributed by atoms with E-state index in [1.807, 2.05) is 19.1 Å². The summed E-state index contributed by atoms with van der Waals surface area (Å²) in [4.78, 5) is 10.2. The fourth-order valence-electron chi connectivity index (χ4n) is 1.07. The SMILES string of the molecule is C/C=C\C/C=C\C/C=C\CCCC(=O)O. The third-order valence-corrected chi connectivity index (χ3v) is 1.87. The number of rotatable bonds is 8. The average Bonchev–Trinajstić information content (AvgIpc) is 2.20. The summed E-state index contributed by atoms with van der Waals surface area (Å²) in [6, 6.07) is 0. The Hall–Kier alpha value is -1.31. The minimum atomic E-state index is -0.713. The third kappa shape index (κ3) is 12.7. The molecular weight excluding hydrogens is 188 g/mol. The molecule has 0 saturated heterocycles. The zero-order chi connectivity index (χ0) is 11.4. The quantitative estimate of drug-likeness (QED) is 0.487. The highest BCUT2D eigenvalue weighted by molar-refractivity contribution is 5.66. The summed E-state index contributed by atoms with van der Waals surface area (Å²) in [5.74, 6) is -0.713. The van der Waals surface area contributed by atoms with Gasteiger partial charge < -0.3 is 5.11 Å². The van der Waals surface area contributed by atoms with E-state index in [1.54, 1.807) is 0 Å². The van der Waals surface area contributed by atoms with Gasteiger partial charge in [0.1, 0.15) is 0 Å². The smallest absolute Gasteiger partial charge is 0.303 e. The van der Waals surface area contributed by atoms with Gasteiger partial charge >= 0.3 is 5.97 Å². The first kappa shape index (κ1) is 13.7. The van der Waals surface area contributed by atoms with E-state index in [4.69, 9.17) is 5.11 Å². The van der Waals surface area contributed by atoms with Crippen molar-refractivity contribution in [3.63, 3.8) is 0 Å². The predicted octanol–water partition coefficient (Wildman–Crippen LogP) is 3.71. The molecule has 0 unspecified atom stereocenters. The molecule has 1 N–H and O–H groups in total. The van der Waals surface area contributed by atoms with E-state index >= 15 is 0 Å². The Kier molecular flexibility index (Phi) is 9.83. The van der Waals surface area contributed by atoms with Gasteiger partial charge in [-0.15, -0.1) is 0 Å². The Balaban J connectivity index is 3.31. The van der Waals surface area contributed by atoms with Crippen molar-refractivity contribution in [3.8, 4) is 0 Å². The highest BCUT2D eigenvalue weighted by atomic mass is 16.4. The van der Waals surface area contributed by atoms with Crippen LogP contribution >= 0.6 is 0 Å². The second-order valence-corrected chi connectivity index (χ2v) is 3.27. The number of hydrogen-bond acceptors (Lipinski definition) is 1. The summed E-state index contributed by atoms with van der Waals surface area (Å²) in [6.45, 7) is 2.01. The van der Waals surface area contributed by atoms with Crippen LogP contribution in [0, 0.1) is 0 Å². The van der Waals surface area contributed by atoms with E-state index in [0.29, 0.717) is 0 Å². The van der Waals surface area contributed by atoms with Crippen LogP contribution in [0.25, 0.3) is 0 Å². The Bertz CT molecular complexity index is 237. The molecule has 0 atom stereocenters. The van der Waals surface area contributed by atoms with Gasteiger partial charge in [-0.3, -0.25) is 4.79 Å². The zero-order valence-electron chi connectivity index (χ0n) is 9.36. The van der Waals surface area contributed by atoms with Crippen LogP contribution in [-0.4, -0.2) is 11.1 Å². The fraction of sp³-hybridized carbons (Fsp3) is 0.462. The standard InChI is InChI=1S/C13H20O2/c1-2-3-4-5-6-7-8-9-10-11-12-13(14)15/h2-3,5-6,8-9H,4,7,10-12H2,1H3,(H,14,15)/b3-2-,6-5-,9-8-. The minimum Gasteiger partial charge on any atom is -0.481 e. The zero-order valence-corrected chi connectivity index (χ0v) is 9.36. The van der Waals surface area contributed by atoms with E-state index in [2.05, 4.69) is 24.3 Å². The second kappa shape index (κ2) is 10.8. The van der Waals surface area contributed by atoms with E-state index in [1.165, 1.54) is 0 Å². The molecule has 0 aliphatic heterocycles. The van der Waals surface area contributed by atoms with Crippen LogP contribution in [0.2, 0.25) is 0 Å². The van der Waals surface area contributed by atoms with Crippen LogP contribution in [0.3, 0.4) is 0 Å². The Labute approximate surface area is 92.0 Å². The number of carbonyl (C=O) groups is 1. The topological polar surface area (TPSA) is 37.3 Å². The van der Waals surface area contributed by atoms with Gasteiger partial charge in [-0.2, -0.15) is 0 Å². The van der Waals surface area contributed by atoms with Crippen molar-refractivity contribution < 1.29 is 9.90 Å². The number of aliphatic carboxylic acids is 1. The lowest BCUT2D eigenvalue weighted by molar-refractivity contribution is -0.137. The summed E-state index contributed by atoms with van der Waals surface area (Å²) in [5, 5.41) is 8.39. The number of allylic oxidation sites excluding steroid dienone is 6. The van der Waals surface area contributed by atoms with Crippen molar-refractivity contribution in [2.45, 2.75) is 39.0 Å². The van der Waals surface area contributed by atoms with Gasteiger partial charge in [0.25, 0.3) is 0 Å². The van der Waals surface area contributed by atoms with Crippen molar-refractivity contribution in [3.05, 3.63) is 36.5 Å². The van der Waals surface area contributed by atoms with Gasteiger partial charge in [-0.25, -0.2) is 0 Å². The lowest BCUT2D eigenvalue weighted by atomic mass is 10.2. The maximum absolute atomic E-state index is 10.2. The Morgan fingerprint density at radius 1 is 1.07 bits per heavy atom. The molecule has 0 amide bonds. The normalized spacial score (nSPS) is 12.1. The molecule has 0 radical (unpaired) electrons. The second-order valence-electron chi connectivity index (χ2n) is 3.27. The van der Waals surface area contributed by atoms with Crippen molar-refractivity contribution in [1.82, 2.24) is 0 Å². The first-order valence-corrected chi connectivity index (χ1v) is 5.40. The van der Waals surface area contributed by atoms with E-state index in [9.17, 15) is 4.79 Å². The maximum atomic E-state index is 10.2. The molecule has 0 spiro atoms. The summed E-state index contributed by atoms with van der Waals surface area (Å²) in [6.07, 6.45) is 16.3. The number of carboxylic acid groups (broad SMARTS) is 1. The summed E-state index contributed by atoms with van der Waals surface area (Å²) >= 11 is 0. The largest absolute Gasteiger partial charge is 0.481 e. The number of hydrogen-bond donors (Lipinski definition) is 1. The highest BCUT2D eigenvalue weighted by Crippen LogP contribution is 1.98. The van der Waals surface area contributed by atoms with Gasteiger partial charge in [0.05, 0.1) is 0 Å². The van der Waals surface area contributed by atoms with Gasteiger partial charge in [-0.1, -0.05) is 36.5 Å². The van der Waals surface area contributed by atoms with Gasteiger partial charge in [0.15, 0.2) is 0 Å². The summed E-state index contributed by atoms with van der Waals surface area (Å²) in [5.41, 5.74) is 0. The maximum Gasteiger partial charge on any atom is 0.303 e. The predicted molar refractivity (Wildman–Crippen MR) is 63.8 cm³/mol. The van der Waals surface area contributed by atoms with Crippen LogP contribution in [0.15, 0.2) is 36.5 Å². The molecule has 0 bridgehead atoms. The molecule has 0 aromatic carbocycles. The van der Waals surface area contributed by atoms with Crippen molar-refractivity contribution in [1.29, 1.82) is 0 Å². The molecule has 2 heteroatoms. The number of carboxylic acids is 1. The molecular formula is C13H20O2. The summed E-state index contributed by atoms with van der Waals surface area (Å²) in [7, 11) is 0. The fourth-order valence-corrected chi connectivity index (χ4v) is 1.07. The molecule has 0 aliphatic rings. The number of unbranched alkanes of at least 4 members (excludes halogenated alkanes) is 1. The first-order chi connectivity index (χ1) is 7.27. The average molecular weight is 208 g/mol. The molecule has 0 fully saturated rings. The van der Waals surface area contributed by atoms with Gasteiger partial charge in [-0.05, 0) is 32.6 Å². The van der Waals surface area contributed by atoms with E-state index < -0.39 is 5.97 Å². The van der Waals surface area contributed by atoms with Crippen molar-refractivity contribution in [2.75, 3.05) is 0 Å².